The van der Waals surface area contributed by atoms with Gasteiger partial charge in [0.15, 0.2) is 0 Å². The lowest BCUT2D eigenvalue weighted by Gasteiger charge is -2.15. The molecular weight excluding hydrogens is 184 g/mol. The van der Waals surface area contributed by atoms with Crippen LogP contribution >= 0.6 is 11.6 Å². The molecule has 1 aromatic rings. The van der Waals surface area contributed by atoms with Gasteiger partial charge in [-0.3, -0.25) is 0 Å². The Kier molecular flexibility index (Phi) is 1.90. The number of halogens is 1. The van der Waals surface area contributed by atoms with E-state index in [-0.39, 0.29) is 0 Å². The van der Waals surface area contributed by atoms with Crippen LogP contribution in [-0.4, -0.2) is 5.11 Å². The van der Waals surface area contributed by atoms with Crippen LogP contribution in [0.4, 0.5) is 0 Å². The molecule has 1 saturated carbocycles. The highest BCUT2D eigenvalue weighted by atomic mass is 35.5. The van der Waals surface area contributed by atoms with E-state index in [0.717, 1.165) is 34.6 Å². The number of benzene rings is 1. The predicted molar refractivity (Wildman–Crippen MR) is 54.1 cm³/mol. The Morgan fingerprint density at radius 1 is 1.23 bits per heavy atom. The van der Waals surface area contributed by atoms with E-state index >= 15 is 0 Å². The van der Waals surface area contributed by atoms with Crippen LogP contribution in [0.1, 0.15) is 29.5 Å². The standard InChI is InChI=1S/C11H13ClO/c1-7-3-4-8(2)10(12)9(7)11(13)5-6-11/h3-4,13H,5-6H2,1-2H3. The second-order valence-corrected chi connectivity index (χ2v) is 4.30. The fourth-order valence-electron chi connectivity index (χ4n) is 1.72. The van der Waals surface area contributed by atoms with Gasteiger partial charge >= 0.3 is 0 Å². The van der Waals surface area contributed by atoms with Gasteiger partial charge in [0.25, 0.3) is 0 Å². The van der Waals surface area contributed by atoms with Crippen molar-refractivity contribution in [3.8, 4) is 0 Å². The van der Waals surface area contributed by atoms with Crippen LogP contribution in [0.5, 0.6) is 0 Å². The van der Waals surface area contributed by atoms with Crippen molar-refractivity contribution >= 4 is 11.6 Å². The number of hydrogen-bond acceptors (Lipinski definition) is 1. The number of aryl methyl sites for hydroxylation is 2. The molecule has 0 saturated heterocycles. The summed E-state index contributed by atoms with van der Waals surface area (Å²) in [5.41, 5.74) is 2.46. The van der Waals surface area contributed by atoms with Crippen LogP contribution in [0.3, 0.4) is 0 Å². The van der Waals surface area contributed by atoms with Crippen molar-refractivity contribution in [2.24, 2.45) is 0 Å². The Bertz CT molecular complexity index is 353. The Labute approximate surface area is 83.3 Å². The topological polar surface area (TPSA) is 20.2 Å². The molecule has 1 aliphatic rings. The molecule has 13 heavy (non-hydrogen) atoms. The first-order valence-corrected chi connectivity index (χ1v) is 4.91. The van der Waals surface area contributed by atoms with Crippen molar-refractivity contribution in [2.75, 3.05) is 0 Å². The highest BCUT2D eigenvalue weighted by Gasteiger charge is 2.44. The Morgan fingerprint density at radius 2 is 1.77 bits per heavy atom. The van der Waals surface area contributed by atoms with E-state index in [9.17, 15) is 5.11 Å². The summed E-state index contributed by atoms with van der Waals surface area (Å²) in [6, 6.07) is 4.01. The highest BCUT2D eigenvalue weighted by molar-refractivity contribution is 6.32. The fourth-order valence-corrected chi connectivity index (χ4v) is 2.10. The quantitative estimate of drug-likeness (QED) is 0.733. The van der Waals surface area contributed by atoms with Gasteiger partial charge in [-0.25, -0.2) is 0 Å². The van der Waals surface area contributed by atoms with Crippen molar-refractivity contribution in [3.63, 3.8) is 0 Å². The Morgan fingerprint density at radius 3 is 2.31 bits per heavy atom. The summed E-state index contributed by atoms with van der Waals surface area (Å²) in [6.07, 6.45) is 1.69. The summed E-state index contributed by atoms with van der Waals surface area (Å²) in [5, 5.41) is 10.7. The number of aliphatic hydroxyl groups is 1. The zero-order valence-electron chi connectivity index (χ0n) is 7.89. The van der Waals surface area contributed by atoms with E-state index in [4.69, 9.17) is 11.6 Å². The largest absolute Gasteiger partial charge is 0.385 e. The van der Waals surface area contributed by atoms with Crippen LogP contribution in [-0.2, 0) is 5.60 Å². The molecule has 2 rings (SSSR count). The maximum atomic E-state index is 10.0. The molecule has 0 aliphatic heterocycles. The Hall–Kier alpha value is -0.530. The van der Waals surface area contributed by atoms with Crippen molar-refractivity contribution in [1.29, 1.82) is 0 Å². The van der Waals surface area contributed by atoms with Gasteiger partial charge in [-0.2, -0.15) is 0 Å². The molecule has 1 aromatic carbocycles. The SMILES string of the molecule is Cc1ccc(C)c(C2(O)CC2)c1Cl. The summed E-state index contributed by atoms with van der Waals surface area (Å²) in [4.78, 5) is 0. The molecule has 0 amide bonds. The lowest BCUT2D eigenvalue weighted by Crippen LogP contribution is -2.08. The molecule has 0 aromatic heterocycles. The fraction of sp³-hybridized carbons (Fsp3) is 0.455. The molecule has 2 heteroatoms. The van der Waals surface area contributed by atoms with Crippen molar-refractivity contribution in [3.05, 3.63) is 33.8 Å². The predicted octanol–water partition coefficient (Wildman–Crippen LogP) is 2.94. The molecule has 0 atom stereocenters. The molecule has 1 aliphatic carbocycles. The van der Waals surface area contributed by atoms with E-state index in [1.807, 2.05) is 26.0 Å². The lowest BCUT2D eigenvalue weighted by atomic mass is 9.99. The van der Waals surface area contributed by atoms with Gasteiger partial charge in [0, 0.05) is 10.6 Å². The molecule has 0 heterocycles. The Balaban J connectivity index is 2.61. The smallest absolute Gasteiger partial charge is 0.0915 e. The van der Waals surface area contributed by atoms with Crippen LogP contribution in [0.2, 0.25) is 5.02 Å². The maximum Gasteiger partial charge on any atom is 0.0915 e. The second kappa shape index (κ2) is 2.73. The number of rotatable bonds is 1. The average Bonchev–Trinajstić information content (AvgIpc) is 2.78. The third kappa shape index (κ3) is 1.36. The monoisotopic (exact) mass is 196 g/mol. The molecule has 0 bridgehead atoms. The van der Waals surface area contributed by atoms with Crippen LogP contribution in [0.15, 0.2) is 12.1 Å². The first kappa shape index (κ1) is 9.04. The van der Waals surface area contributed by atoms with E-state index in [1.54, 1.807) is 0 Å². The van der Waals surface area contributed by atoms with Gasteiger partial charge in [0.1, 0.15) is 0 Å². The minimum atomic E-state index is -0.618. The molecule has 0 spiro atoms. The molecule has 0 unspecified atom stereocenters. The molecule has 70 valence electrons. The number of hydrogen-bond donors (Lipinski definition) is 1. The van der Waals surface area contributed by atoms with Crippen LogP contribution in [0.25, 0.3) is 0 Å². The van der Waals surface area contributed by atoms with Crippen molar-refractivity contribution in [2.45, 2.75) is 32.3 Å². The molecule has 1 N–H and O–H groups in total. The molecule has 0 radical (unpaired) electrons. The van der Waals surface area contributed by atoms with Gasteiger partial charge in [-0.1, -0.05) is 23.7 Å². The highest BCUT2D eigenvalue weighted by Crippen LogP contribution is 2.49. The van der Waals surface area contributed by atoms with Crippen LogP contribution in [0, 0.1) is 13.8 Å². The first-order chi connectivity index (χ1) is 6.04. The normalized spacial score (nSPS) is 18.8. The van der Waals surface area contributed by atoms with E-state index in [2.05, 4.69) is 0 Å². The van der Waals surface area contributed by atoms with Gasteiger partial charge < -0.3 is 5.11 Å². The summed E-state index contributed by atoms with van der Waals surface area (Å²) in [6.45, 7) is 3.97. The van der Waals surface area contributed by atoms with E-state index in [0.29, 0.717) is 0 Å². The van der Waals surface area contributed by atoms with Gasteiger partial charge in [-0.05, 0) is 37.8 Å². The summed E-state index contributed by atoms with van der Waals surface area (Å²) >= 11 is 6.16. The summed E-state index contributed by atoms with van der Waals surface area (Å²) in [7, 11) is 0. The first-order valence-electron chi connectivity index (χ1n) is 4.53. The van der Waals surface area contributed by atoms with Crippen LogP contribution < -0.4 is 0 Å². The zero-order valence-corrected chi connectivity index (χ0v) is 8.65. The summed E-state index contributed by atoms with van der Waals surface area (Å²) in [5.74, 6) is 0. The van der Waals surface area contributed by atoms with Crippen molar-refractivity contribution in [1.82, 2.24) is 0 Å². The lowest BCUT2D eigenvalue weighted by molar-refractivity contribution is 0.151. The third-order valence-corrected chi connectivity index (χ3v) is 3.22. The maximum absolute atomic E-state index is 10.0. The average molecular weight is 197 g/mol. The minimum Gasteiger partial charge on any atom is -0.385 e. The minimum absolute atomic E-state index is 0.618. The van der Waals surface area contributed by atoms with Gasteiger partial charge in [-0.15, -0.1) is 0 Å². The third-order valence-electron chi connectivity index (χ3n) is 2.73. The summed E-state index contributed by atoms with van der Waals surface area (Å²) < 4.78 is 0. The van der Waals surface area contributed by atoms with Gasteiger partial charge in [0.2, 0.25) is 0 Å². The zero-order chi connectivity index (χ0) is 9.64. The van der Waals surface area contributed by atoms with E-state index in [1.165, 1.54) is 0 Å². The molecular formula is C11H13ClO. The van der Waals surface area contributed by atoms with E-state index < -0.39 is 5.60 Å². The molecule has 1 fully saturated rings. The molecule has 1 nitrogen and oxygen atoms in total. The van der Waals surface area contributed by atoms with Gasteiger partial charge in [0.05, 0.1) is 5.60 Å². The second-order valence-electron chi connectivity index (χ2n) is 3.92. The van der Waals surface area contributed by atoms with Crippen molar-refractivity contribution < 1.29 is 5.11 Å².